The van der Waals surface area contributed by atoms with Crippen molar-refractivity contribution in [1.82, 2.24) is 9.88 Å². The zero-order valence-electron chi connectivity index (χ0n) is 22.4. The Morgan fingerprint density at radius 2 is 2.08 bits per heavy atom. The van der Waals surface area contributed by atoms with Crippen molar-refractivity contribution < 1.29 is 23.4 Å². The number of anilines is 1. The van der Waals surface area contributed by atoms with Gasteiger partial charge in [-0.15, -0.1) is 0 Å². The van der Waals surface area contributed by atoms with Crippen molar-refractivity contribution >= 4 is 11.7 Å². The van der Waals surface area contributed by atoms with E-state index in [0.29, 0.717) is 19.8 Å². The minimum absolute atomic E-state index is 0.0557. The van der Waals surface area contributed by atoms with E-state index in [0.717, 1.165) is 81.2 Å². The molecule has 1 aromatic carbocycles. The monoisotopic (exact) mass is 525 g/mol. The van der Waals surface area contributed by atoms with E-state index in [9.17, 15) is 9.18 Å². The molecule has 3 atom stereocenters. The minimum Gasteiger partial charge on any atom is -0.468 e. The Bertz CT molecular complexity index is 1090. The minimum atomic E-state index is -0.296. The lowest BCUT2D eigenvalue weighted by Crippen LogP contribution is -2.34. The highest BCUT2D eigenvalue weighted by Crippen LogP contribution is 2.40. The molecule has 0 aliphatic carbocycles. The highest BCUT2D eigenvalue weighted by Gasteiger charge is 2.39. The quantitative estimate of drug-likeness (QED) is 0.340. The average molecular weight is 526 g/mol. The van der Waals surface area contributed by atoms with E-state index in [1.165, 1.54) is 24.6 Å². The van der Waals surface area contributed by atoms with Crippen LogP contribution in [0, 0.1) is 5.82 Å². The smallest absolute Gasteiger partial charge is 0.319 e. The summed E-state index contributed by atoms with van der Waals surface area (Å²) in [5.74, 6) is -0.578. The first kappa shape index (κ1) is 27.0. The summed E-state index contributed by atoms with van der Waals surface area (Å²) < 4.78 is 32.1. The van der Waals surface area contributed by atoms with Crippen molar-refractivity contribution in [3.8, 4) is 0 Å². The summed E-state index contributed by atoms with van der Waals surface area (Å²) in [5.41, 5.74) is 5.36. The van der Waals surface area contributed by atoms with Gasteiger partial charge in [-0.25, -0.2) is 4.39 Å². The van der Waals surface area contributed by atoms with Crippen LogP contribution in [-0.2, 0) is 31.8 Å². The van der Waals surface area contributed by atoms with Crippen LogP contribution in [0.4, 0.5) is 10.1 Å². The molecule has 2 saturated heterocycles. The van der Waals surface area contributed by atoms with Crippen LogP contribution in [0.1, 0.15) is 79.6 Å². The number of pyridine rings is 1. The number of carbonyl (C=O) groups excluding carboxylic acids is 1. The fourth-order valence-electron chi connectivity index (χ4n) is 6.04. The standard InChI is InChI=1S/C30H40FN3O4/c1-36-29(35)20-34-16-14-28(30(34)24-19-21(31)10-12-23(24)27-9-3-5-17-37-27)38-18-4-2-7-22-11-13-25-26(33-22)8-6-15-32-25/h10-13,19,27-28,30,32H,2-9,14-18,20H2,1H3. The Kier molecular flexibility index (Phi) is 9.25. The molecule has 5 rings (SSSR count). The van der Waals surface area contributed by atoms with Crippen LogP contribution in [0.3, 0.4) is 0 Å². The van der Waals surface area contributed by atoms with Crippen LogP contribution in [-0.4, -0.2) is 61.9 Å². The summed E-state index contributed by atoms with van der Waals surface area (Å²) in [4.78, 5) is 19.1. The average Bonchev–Trinajstić information content (AvgIpc) is 3.34. The van der Waals surface area contributed by atoms with Crippen LogP contribution in [0.25, 0.3) is 0 Å². The molecule has 7 nitrogen and oxygen atoms in total. The summed E-state index contributed by atoms with van der Waals surface area (Å²) in [5, 5.41) is 3.42. The van der Waals surface area contributed by atoms with E-state index in [2.05, 4.69) is 22.3 Å². The van der Waals surface area contributed by atoms with Crippen molar-refractivity contribution in [2.45, 2.75) is 76.0 Å². The third-order valence-electron chi connectivity index (χ3n) is 8.00. The number of hydrogen-bond acceptors (Lipinski definition) is 7. The van der Waals surface area contributed by atoms with Crippen molar-refractivity contribution in [3.05, 3.63) is 58.7 Å². The van der Waals surface area contributed by atoms with Gasteiger partial charge in [-0.05, 0) is 93.2 Å². The molecule has 3 aliphatic heterocycles. The fourth-order valence-corrected chi connectivity index (χ4v) is 6.04. The van der Waals surface area contributed by atoms with Crippen molar-refractivity contribution in [2.24, 2.45) is 0 Å². The van der Waals surface area contributed by atoms with Gasteiger partial charge in [0.25, 0.3) is 0 Å². The molecule has 8 heteroatoms. The van der Waals surface area contributed by atoms with Gasteiger partial charge in [0, 0.05) is 32.0 Å². The van der Waals surface area contributed by atoms with Crippen LogP contribution < -0.4 is 5.32 Å². The maximum absolute atomic E-state index is 14.6. The highest BCUT2D eigenvalue weighted by atomic mass is 19.1. The lowest BCUT2D eigenvalue weighted by Gasteiger charge is -2.32. The summed E-state index contributed by atoms with van der Waals surface area (Å²) in [6.45, 7) is 3.20. The van der Waals surface area contributed by atoms with Gasteiger partial charge >= 0.3 is 5.97 Å². The van der Waals surface area contributed by atoms with Crippen molar-refractivity contribution in [1.29, 1.82) is 0 Å². The third-order valence-corrected chi connectivity index (χ3v) is 8.00. The van der Waals surface area contributed by atoms with E-state index in [-0.39, 0.29) is 36.6 Å². The number of halogens is 1. The van der Waals surface area contributed by atoms with E-state index >= 15 is 0 Å². The van der Waals surface area contributed by atoms with Gasteiger partial charge in [0.15, 0.2) is 0 Å². The second-order valence-electron chi connectivity index (χ2n) is 10.6. The maximum Gasteiger partial charge on any atom is 0.319 e. The number of rotatable bonds is 10. The van der Waals surface area contributed by atoms with Gasteiger partial charge < -0.3 is 19.5 Å². The first-order chi connectivity index (χ1) is 18.6. The molecule has 2 fully saturated rings. The molecule has 206 valence electrons. The van der Waals surface area contributed by atoms with Crippen LogP contribution in [0.2, 0.25) is 0 Å². The lowest BCUT2D eigenvalue weighted by atomic mass is 9.90. The molecule has 1 aromatic heterocycles. The fraction of sp³-hybridized carbons (Fsp3) is 0.600. The molecule has 0 spiro atoms. The Hall–Kier alpha value is -2.55. The zero-order chi connectivity index (χ0) is 26.3. The van der Waals surface area contributed by atoms with Crippen molar-refractivity contribution in [2.75, 3.05) is 45.3 Å². The molecule has 0 saturated carbocycles. The Morgan fingerprint density at radius 1 is 1.16 bits per heavy atom. The normalized spacial score (nSPS) is 23.6. The van der Waals surface area contributed by atoms with E-state index < -0.39 is 0 Å². The van der Waals surface area contributed by atoms with Gasteiger partial charge in [0.2, 0.25) is 0 Å². The number of benzene rings is 1. The number of carbonyl (C=O) groups is 1. The molecular weight excluding hydrogens is 485 g/mol. The number of hydrogen-bond donors (Lipinski definition) is 1. The van der Waals surface area contributed by atoms with Gasteiger partial charge in [-0.1, -0.05) is 6.07 Å². The summed E-state index contributed by atoms with van der Waals surface area (Å²) in [7, 11) is 1.40. The number of fused-ring (bicyclic) bond motifs is 1. The number of ether oxygens (including phenoxy) is 3. The number of unbranched alkanes of at least 4 members (excludes halogenated alkanes) is 1. The number of nitrogens with one attached hydrogen (secondary N) is 1. The van der Waals surface area contributed by atoms with E-state index in [1.807, 2.05) is 6.07 Å². The van der Waals surface area contributed by atoms with Crippen LogP contribution in [0.15, 0.2) is 30.3 Å². The van der Waals surface area contributed by atoms with Crippen LogP contribution >= 0.6 is 0 Å². The second-order valence-corrected chi connectivity index (χ2v) is 10.6. The molecular formula is C30H40FN3O4. The summed E-state index contributed by atoms with van der Waals surface area (Å²) in [6.07, 6.45) is 8.65. The zero-order valence-corrected chi connectivity index (χ0v) is 22.4. The molecule has 4 heterocycles. The number of likely N-dealkylation sites (tertiary alicyclic amines) is 1. The Labute approximate surface area is 225 Å². The second kappa shape index (κ2) is 13.0. The summed E-state index contributed by atoms with van der Waals surface area (Å²) in [6, 6.07) is 9.03. The molecule has 38 heavy (non-hydrogen) atoms. The highest BCUT2D eigenvalue weighted by molar-refractivity contribution is 5.71. The number of aromatic nitrogens is 1. The molecule has 0 amide bonds. The topological polar surface area (TPSA) is 72.9 Å². The Balaban J connectivity index is 1.24. The predicted octanol–water partition coefficient (Wildman–Crippen LogP) is 5.15. The summed E-state index contributed by atoms with van der Waals surface area (Å²) >= 11 is 0. The van der Waals surface area contributed by atoms with E-state index in [1.54, 1.807) is 6.07 Å². The number of nitrogens with zero attached hydrogens (tertiary/aromatic N) is 2. The maximum atomic E-state index is 14.6. The third kappa shape index (κ3) is 6.53. The van der Waals surface area contributed by atoms with Gasteiger partial charge in [0.1, 0.15) is 5.82 Å². The molecule has 1 N–H and O–H groups in total. The molecule has 0 bridgehead atoms. The first-order valence-corrected chi connectivity index (χ1v) is 14.2. The van der Waals surface area contributed by atoms with Gasteiger partial charge in [-0.3, -0.25) is 14.7 Å². The number of aryl methyl sites for hydroxylation is 2. The Morgan fingerprint density at radius 3 is 2.92 bits per heavy atom. The van der Waals surface area contributed by atoms with Gasteiger partial charge in [0.05, 0.1) is 43.3 Å². The molecule has 3 unspecified atom stereocenters. The first-order valence-electron chi connectivity index (χ1n) is 14.2. The van der Waals surface area contributed by atoms with Gasteiger partial charge in [-0.2, -0.15) is 0 Å². The van der Waals surface area contributed by atoms with E-state index in [4.69, 9.17) is 19.2 Å². The SMILES string of the molecule is COC(=O)CN1CCC(OCCCCc2ccc3c(n2)CCCN3)C1c1cc(F)ccc1C1CCCCO1. The number of esters is 1. The van der Waals surface area contributed by atoms with Crippen molar-refractivity contribution in [3.63, 3.8) is 0 Å². The molecule has 2 aromatic rings. The lowest BCUT2D eigenvalue weighted by molar-refractivity contribution is -0.142. The number of methoxy groups -OCH3 is 1. The molecule has 0 radical (unpaired) electrons. The largest absolute Gasteiger partial charge is 0.468 e. The predicted molar refractivity (Wildman–Crippen MR) is 144 cm³/mol. The molecule has 3 aliphatic rings. The van der Waals surface area contributed by atoms with Crippen LogP contribution in [0.5, 0.6) is 0 Å².